The number of nitrogens with one attached hydrogen (secondary N) is 1. The van der Waals surface area contributed by atoms with Crippen molar-refractivity contribution in [2.75, 3.05) is 27.9 Å². The standard InChI is InChI=1S/C14H29NO3Si/c1-6-10-14(16-3)13(15-11-7-2)9-8-12-19(14,17-4)18-5/h7,13,15H,2,6,8-12H2,1,3-5H3. The van der Waals surface area contributed by atoms with E-state index in [-0.39, 0.29) is 11.3 Å². The third kappa shape index (κ3) is 2.95. The van der Waals surface area contributed by atoms with Crippen molar-refractivity contribution < 1.29 is 13.6 Å². The molecule has 112 valence electrons. The highest BCUT2D eigenvalue weighted by molar-refractivity contribution is 6.71. The SMILES string of the molecule is C=CCNC1CCC[Si](OC)(OC)C1(CCC)OC. The maximum Gasteiger partial charge on any atom is 0.372 e. The van der Waals surface area contributed by atoms with E-state index in [2.05, 4.69) is 18.8 Å². The van der Waals surface area contributed by atoms with Crippen LogP contribution in [0.3, 0.4) is 0 Å². The van der Waals surface area contributed by atoms with Crippen LogP contribution >= 0.6 is 0 Å². The summed E-state index contributed by atoms with van der Waals surface area (Å²) in [5.41, 5.74) is 0. The number of rotatable bonds is 8. The van der Waals surface area contributed by atoms with Crippen LogP contribution in [0.4, 0.5) is 0 Å². The number of methoxy groups -OCH3 is 1. The molecule has 0 aromatic rings. The molecule has 19 heavy (non-hydrogen) atoms. The highest BCUT2D eigenvalue weighted by atomic mass is 28.4. The number of ether oxygens (including phenoxy) is 1. The zero-order valence-corrected chi connectivity index (χ0v) is 13.8. The summed E-state index contributed by atoms with van der Waals surface area (Å²) in [6, 6.07) is 1.27. The summed E-state index contributed by atoms with van der Waals surface area (Å²) < 4.78 is 17.9. The normalized spacial score (nSPS) is 30.2. The van der Waals surface area contributed by atoms with Crippen molar-refractivity contribution in [1.82, 2.24) is 5.32 Å². The summed E-state index contributed by atoms with van der Waals surface area (Å²) in [6.07, 6.45) is 6.14. The molecule has 1 saturated heterocycles. The molecule has 0 spiro atoms. The first kappa shape index (κ1) is 16.9. The molecule has 2 atom stereocenters. The monoisotopic (exact) mass is 287 g/mol. The van der Waals surface area contributed by atoms with E-state index in [0.29, 0.717) is 0 Å². The van der Waals surface area contributed by atoms with E-state index in [1.807, 2.05) is 6.08 Å². The molecule has 0 aromatic carbocycles. The molecule has 0 aromatic heterocycles. The van der Waals surface area contributed by atoms with Gasteiger partial charge in [0, 0.05) is 33.9 Å². The van der Waals surface area contributed by atoms with Crippen LogP contribution in [-0.2, 0) is 13.6 Å². The molecule has 0 saturated carbocycles. The predicted octanol–water partition coefficient (Wildman–Crippen LogP) is 2.38. The Bertz CT molecular complexity index is 284. The van der Waals surface area contributed by atoms with Gasteiger partial charge in [0.15, 0.2) is 0 Å². The van der Waals surface area contributed by atoms with Crippen molar-refractivity contribution in [3.8, 4) is 0 Å². The van der Waals surface area contributed by atoms with Gasteiger partial charge in [0.1, 0.15) is 5.22 Å². The van der Waals surface area contributed by atoms with E-state index in [1.54, 1.807) is 21.3 Å². The summed E-state index contributed by atoms with van der Waals surface area (Å²) in [5.74, 6) is 0. The van der Waals surface area contributed by atoms with Gasteiger partial charge in [0.25, 0.3) is 0 Å². The Hall–Kier alpha value is -0.203. The van der Waals surface area contributed by atoms with Gasteiger partial charge in [-0.3, -0.25) is 0 Å². The van der Waals surface area contributed by atoms with Crippen molar-refractivity contribution >= 4 is 8.56 Å². The lowest BCUT2D eigenvalue weighted by Gasteiger charge is -2.52. The van der Waals surface area contributed by atoms with Crippen LogP contribution in [-0.4, -0.2) is 47.7 Å². The molecule has 4 nitrogen and oxygen atoms in total. The fourth-order valence-corrected chi connectivity index (χ4v) is 7.59. The van der Waals surface area contributed by atoms with Crippen LogP contribution in [0.25, 0.3) is 0 Å². The Labute approximate surface area is 118 Å². The van der Waals surface area contributed by atoms with E-state index in [9.17, 15) is 0 Å². The van der Waals surface area contributed by atoms with Gasteiger partial charge in [-0.15, -0.1) is 6.58 Å². The summed E-state index contributed by atoms with van der Waals surface area (Å²) >= 11 is 0. The second-order valence-corrected chi connectivity index (χ2v) is 8.82. The van der Waals surface area contributed by atoms with Gasteiger partial charge in [-0.2, -0.15) is 0 Å². The van der Waals surface area contributed by atoms with Crippen molar-refractivity contribution in [2.45, 2.75) is 49.9 Å². The van der Waals surface area contributed by atoms with E-state index in [1.165, 1.54) is 0 Å². The van der Waals surface area contributed by atoms with Gasteiger partial charge in [-0.25, -0.2) is 0 Å². The Morgan fingerprint density at radius 3 is 2.53 bits per heavy atom. The van der Waals surface area contributed by atoms with Crippen LogP contribution in [0.1, 0.15) is 32.6 Å². The topological polar surface area (TPSA) is 39.7 Å². The van der Waals surface area contributed by atoms with Gasteiger partial charge in [-0.05, 0) is 25.3 Å². The molecule has 1 aliphatic heterocycles. The first-order chi connectivity index (χ1) is 9.16. The van der Waals surface area contributed by atoms with Gasteiger partial charge < -0.3 is 18.9 Å². The maximum absolute atomic E-state index is 6.04. The molecular weight excluding hydrogens is 258 g/mol. The van der Waals surface area contributed by atoms with Crippen molar-refractivity contribution in [3.63, 3.8) is 0 Å². The predicted molar refractivity (Wildman–Crippen MR) is 80.4 cm³/mol. The number of hydrogen-bond acceptors (Lipinski definition) is 4. The smallest absolute Gasteiger partial charge is 0.372 e. The third-order valence-electron chi connectivity index (χ3n) is 4.36. The minimum atomic E-state index is -2.36. The lowest BCUT2D eigenvalue weighted by molar-refractivity contribution is -0.0364. The molecule has 0 bridgehead atoms. The largest absolute Gasteiger partial charge is 0.396 e. The van der Waals surface area contributed by atoms with E-state index >= 15 is 0 Å². The average molecular weight is 287 g/mol. The van der Waals surface area contributed by atoms with Crippen molar-refractivity contribution in [2.24, 2.45) is 0 Å². The minimum absolute atomic E-state index is 0.274. The molecule has 1 aliphatic rings. The molecule has 1 rings (SSSR count). The first-order valence-electron chi connectivity index (χ1n) is 7.16. The summed E-state index contributed by atoms with van der Waals surface area (Å²) in [6.45, 7) is 6.76. The Morgan fingerprint density at radius 1 is 1.37 bits per heavy atom. The Morgan fingerprint density at radius 2 is 2.05 bits per heavy atom. The van der Waals surface area contributed by atoms with Gasteiger partial charge in [0.05, 0.1) is 0 Å². The zero-order valence-electron chi connectivity index (χ0n) is 12.8. The molecule has 1 heterocycles. The van der Waals surface area contributed by atoms with Gasteiger partial charge in [-0.1, -0.05) is 19.4 Å². The second-order valence-electron chi connectivity index (χ2n) is 5.15. The molecule has 0 aliphatic carbocycles. The van der Waals surface area contributed by atoms with E-state index < -0.39 is 8.56 Å². The van der Waals surface area contributed by atoms with Crippen LogP contribution in [0.5, 0.6) is 0 Å². The lowest BCUT2D eigenvalue weighted by Crippen LogP contribution is -2.73. The molecule has 1 fully saturated rings. The van der Waals surface area contributed by atoms with Crippen molar-refractivity contribution in [1.29, 1.82) is 0 Å². The van der Waals surface area contributed by atoms with Crippen LogP contribution in [0.15, 0.2) is 12.7 Å². The Kier molecular flexibility index (Phi) is 6.69. The number of hydrogen-bond donors (Lipinski definition) is 1. The summed E-state index contributed by atoms with van der Waals surface area (Å²) in [7, 11) is 2.98. The van der Waals surface area contributed by atoms with Gasteiger partial charge >= 0.3 is 8.56 Å². The van der Waals surface area contributed by atoms with Crippen LogP contribution in [0.2, 0.25) is 6.04 Å². The highest BCUT2D eigenvalue weighted by Crippen LogP contribution is 2.42. The fourth-order valence-electron chi connectivity index (χ4n) is 3.51. The van der Waals surface area contributed by atoms with E-state index in [0.717, 1.165) is 38.3 Å². The summed E-state index contributed by atoms with van der Waals surface area (Å²) in [5, 5.41) is 3.24. The second kappa shape index (κ2) is 7.55. The molecular formula is C14H29NO3Si. The van der Waals surface area contributed by atoms with Gasteiger partial charge in [0.2, 0.25) is 0 Å². The minimum Gasteiger partial charge on any atom is -0.396 e. The molecule has 5 heteroatoms. The highest BCUT2D eigenvalue weighted by Gasteiger charge is 2.62. The average Bonchev–Trinajstić information content (AvgIpc) is 2.46. The van der Waals surface area contributed by atoms with Crippen LogP contribution in [0, 0.1) is 0 Å². The molecule has 0 amide bonds. The molecule has 1 N–H and O–H groups in total. The molecule has 0 radical (unpaired) electrons. The quantitative estimate of drug-likeness (QED) is 0.549. The maximum atomic E-state index is 6.04. The first-order valence-corrected chi connectivity index (χ1v) is 9.18. The van der Waals surface area contributed by atoms with E-state index in [4.69, 9.17) is 13.6 Å². The van der Waals surface area contributed by atoms with Crippen LogP contribution < -0.4 is 5.32 Å². The van der Waals surface area contributed by atoms with Crippen molar-refractivity contribution in [3.05, 3.63) is 12.7 Å². The molecule has 2 unspecified atom stereocenters. The fraction of sp³-hybridized carbons (Fsp3) is 0.857. The zero-order chi connectivity index (χ0) is 14.4. The summed E-state index contributed by atoms with van der Waals surface area (Å²) in [4.78, 5) is 0. The Balaban J connectivity index is 3.11. The third-order valence-corrected chi connectivity index (χ3v) is 8.78. The lowest BCUT2D eigenvalue weighted by atomic mass is 9.99.